The summed E-state index contributed by atoms with van der Waals surface area (Å²) in [4.78, 5) is 15.2. The lowest BCUT2D eigenvalue weighted by Crippen LogP contribution is -2.32. The fourth-order valence-corrected chi connectivity index (χ4v) is 5.44. The number of hydrogen-bond donors (Lipinski definition) is 0. The standard InChI is InChI=1S/C21H26N6O3S/c1-25(2)21-22-12-17(15-7-5-8-16(11-15)30-4)20(24-21)18-9-6-10-27(18)31(28,29)19-13-26(3)14-23-19/h5,7-8,11-14,18H,6,9-10H2,1-4H3/t18-/m0/s1. The third-order valence-electron chi connectivity index (χ3n) is 5.36. The van der Waals surface area contributed by atoms with Crippen LogP contribution in [-0.4, -0.2) is 60.0 Å². The number of hydrogen-bond acceptors (Lipinski definition) is 7. The molecule has 1 aliphatic rings. The second kappa shape index (κ2) is 8.27. The zero-order chi connectivity index (χ0) is 22.2. The number of anilines is 1. The highest BCUT2D eigenvalue weighted by molar-refractivity contribution is 7.89. The van der Waals surface area contributed by atoms with Gasteiger partial charge in [-0.05, 0) is 30.5 Å². The van der Waals surface area contributed by atoms with Crippen LogP contribution in [0.2, 0.25) is 0 Å². The molecule has 0 aliphatic carbocycles. The normalized spacial score (nSPS) is 17.1. The highest BCUT2D eigenvalue weighted by Gasteiger charge is 2.39. The van der Waals surface area contributed by atoms with Crippen molar-refractivity contribution in [3.05, 3.63) is 48.7 Å². The monoisotopic (exact) mass is 442 g/mol. The summed E-state index contributed by atoms with van der Waals surface area (Å²) in [5.74, 6) is 1.24. The molecule has 0 bridgehead atoms. The van der Waals surface area contributed by atoms with Crippen LogP contribution in [0.3, 0.4) is 0 Å². The number of aryl methyl sites for hydroxylation is 1. The van der Waals surface area contributed by atoms with E-state index in [-0.39, 0.29) is 5.03 Å². The third-order valence-corrected chi connectivity index (χ3v) is 7.15. The van der Waals surface area contributed by atoms with Gasteiger partial charge in [-0.3, -0.25) is 0 Å². The molecule has 1 atom stereocenters. The molecule has 0 radical (unpaired) electrons. The Morgan fingerprint density at radius 2 is 2.03 bits per heavy atom. The highest BCUT2D eigenvalue weighted by atomic mass is 32.2. The summed E-state index contributed by atoms with van der Waals surface area (Å²) in [5.41, 5.74) is 2.35. The summed E-state index contributed by atoms with van der Waals surface area (Å²) in [6.07, 6.45) is 6.20. The van der Waals surface area contributed by atoms with E-state index in [0.717, 1.165) is 17.5 Å². The van der Waals surface area contributed by atoms with E-state index < -0.39 is 16.1 Å². The van der Waals surface area contributed by atoms with Crippen LogP contribution < -0.4 is 9.64 Å². The average molecular weight is 443 g/mol. The minimum absolute atomic E-state index is 0.0479. The van der Waals surface area contributed by atoms with Gasteiger partial charge in [-0.2, -0.15) is 4.31 Å². The molecule has 0 amide bonds. The van der Waals surface area contributed by atoms with E-state index in [4.69, 9.17) is 9.72 Å². The Bertz CT molecular complexity index is 1190. The zero-order valence-electron chi connectivity index (χ0n) is 18.1. The van der Waals surface area contributed by atoms with Gasteiger partial charge in [-0.15, -0.1) is 0 Å². The first kappa shape index (κ1) is 21.3. The Kier molecular flexibility index (Phi) is 5.67. The van der Waals surface area contributed by atoms with Crippen molar-refractivity contribution in [2.45, 2.75) is 23.9 Å². The predicted octanol–water partition coefficient (Wildman–Crippen LogP) is 2.48. The van der Waals surface area contributed by atoms with E-state index in [1.54, 1.807) is 24.9 Å². The van der Waals surface area contributed by atoms with E-state index in [2.05, 4.69) is 9.97 Å². The Morgan fingerprint density at radius 1 is 1.23 bits per heavy atom. The molecule has 1 aromatic carbocycles. The molecule has 0 unspecified atom stereocenters. The van der Waals surface area contributed by atoms with Crippen molar-refractivity contribution in [3.63, 3.8) is 0 Å². The van der Waals surface area contributed by atoms with Crippen LogP contribution in [0.4, 0.5) is 5.95 Å². The smallest absolute Gasteiger partial charge is 0.262 e. The van der Waals surface area contributed by atoms with Gasteiger partial charge < -0.3 is 14.2 Å². The number of aromatic nitrogens is 4. The molecule has 164 valence electrons. The second-order valence-corrected chi connectivity index (χ2v) is 9.58. The molecule has 3 aromatic rings. The molecule has 3 heterocycles. The number of nitrogens with zero attached hydrogens (tertiary/aromatic N) is 6. The number of sulfonamides is 1. The summed E-state index contributed by atoms with van der Waals surface area (Å²) in [6.45, 7) is 0.419. The fourth-order valence-electron chi connectivity index (χ4n) is 3.81. The molecule has 2 aromatic heterocycles. The molecule has 0 spiro atoms. The molecule has 4 rings (SSSR count). The first-order valence-corrected chi connectivity index (χ1v) is 11.4. The topological polar surface area (TPSA) is 93.5 Å². The molecule has 1 fully saturated rings. The van der Waals surface area contributed by atoms with Gasteiger partial charge in [0.1, 0.15) is 5.75 Å². The average Bonchev–Trinajstić information content (AvgIpc) is 3.43. The lowest BCUT2D eigenvalue weighted by molar-refractivity contribution is 0.389. The van der Waals surface area contributed by atoms with E-state index in [0.29, 0.717) is 30.4 Å². The van der Waals surface area contributed by atoms with Crippen LogP contribution in [0.5, 0.6) is 5.75 Å². The van der Waals surface area contributed by atoms with Gasteiger partial charge in [0.15, 0.2) is 5.03 Å². The Balaban J connectivity index is 1.84. The highest BCUT2D eigenvalue weighted by Crippen LogP contribution is 2.40. The molecule has 31 heavy (non-hydrogen) atoms. The van der Waals surface area contributed by atoms with Gasteiger partial charge in [-0.1, -0.05) is 12.1 Å². The molecule has 1 aliphatic heterocycles. The molecular weight excluding hydrogens is 416 g/mol. The fraction of sp³-hybridized carbons (Fsp3) is 0.381. The van der Waals surface area contributed by atoms with E-state index in [1.807, 2.05) is 43.3 Å². The number of methoxy groups -OCH3 is 1. The van der Waals surface area contributed by atoms with Crippen LogP contribution in [0.15, 0.2) is 48.0 Å². The SMILES string of the molecule is COc1cccc(-c2cnc(N(C)C)nc2[C@@H]2CCCN2S(=O)(=O)c2cn(C)cn2)c1. The van der Waals surface area contributed by atoms with Crippen LogP contribution in [0.25, 0.3) is 11.1 Å². The van der Waals surface area contributed by atoms with Crippen molar-refractivity contribution in [1.82, 2.24) is 23.8 Å². The summed E-state index contributed by atoms with van der Waals surface area (Å²) in [6, 6.07) is 7.21. The quantitative estimate of drug-likeness (QED) is 0.579. The summed E-state index contributed by atoms with van der Waals surface area (Å²) < 4.78 is 35.3. The maximum atomic E-state index is 13.4. The Morgan fingerprint density at radius 3 is 2.71 bits per heavy atom. The van der Waals surface area contributed by atoms with Crippen molar-refractivity contribution < 1.29 is 13.2 Å². The van der Waals surface area contributed by atoms with Gasteiger partial charge in [0.05, 0.1) is 25.2 Å². The molecule has 0 N–H and O–H groups in total. The van der Waals surface area contributed by atoms with E-state index >= 15 is 0 Å². The maximum absolute atomic E-state index is 13.4. The van der Waals surface area contributed by atoms with Crippen LogP contribution in [0, 0.1) is 0 Å². The van der Waals surface area contributed by atoms with Crippen molar-refractivity contribution >= 4 is 16.0 Å². The molecular formula is C21H26N6O3S. The van der Waals surface area contributed by atoms with Gasteiger partial charge in [0, 0.05) is 45.6 Å². The molecule has 0 saturated carbocycles. The zero-order valence-corrected chi connectivity index (χ0v) is 18.9. The van der Waals surface area contributed by atoms with Crippen LogP contribution >= 0.6 is 0 Å². The van der Waals surface area contributed by atoms with Crippen molar-refractivity contribution in [2.75, 3.05) is 32.6 Å². The van der Waals surface area contributed by atoms with Gasteiger partial charge >= 0.3 is 0 Å². The first-order chi connectivity index (χ1) is 14.8. The van der Waals surface area contributed by atoms with Crippen molar-refractivity contribution in [3.8, 4) is 16.9 Å². The predicted molar refractivity (Wildman–Crippen MR) is 117 cm³/mol. The van der Waals surface area contributed by atoms with E-state index in [1.165, 1.54) is 16.8 Å². The number of rotatable bonds is 6. The number of ether oxygens (including phenoxy) is 1. The Labute approximate surface area is 182 Å². The maximum Gasteiger partial charge on any atom is 0.262 e. The minimum atomic E-state index is -3.76. The number of imidazole rings is 1. The lowest BCUT2D eigenvalue weighted by atomic mass is 10.00. The molecule has 10 heteroatoms. The summed E-state index contributed by atoms with van der Waals surface area (Å²) in [5, 5.41) is 0.0479. The lowest BCUT2D eigenvalue weighted by Gasteiger charge is -2.25. The van der Waals surface area contributed by atoms with Gasteiger partial charge in [-0.25, -0.2) is 23.4 Å². The number of benzene rings is 1. The van der Waals surface area contributed by atoms with Crippen LogP contribution in [-0.2, 0) is 17.1 Å². The molecule has 1 saturated heterocycles. The summed E-state index contributed by atoms with van der Waals surface area (Å²) >= 11 is 0. The largest absolute Gasteiger partial charge is 0.497 e. The second-order valence-electron chi connectivity index (χ2n) is 7.75. The van der Waals surface area contributed by atoms with Crippen molar-refractivity contribution in [2.24, 2.45) is 7.05 Å². The Hall–Kier alpha value is -2.98. The summed E-state index contributed by atoms with van der Waals surface area (Å²) in [7, 11) is 3.33. The van der Waals surface area contributed by atoms with Crippen LogP contribution in [0.1, 0.15) is 24.6 Å². The van der Waals surface area contributed by atoms with Gasteiger partial charge in [0.2, 0.25) is 5.95 Å². The van der Waals surface area contributed by atoms with Crippen molar-refractivity contribution in [1.29, 1.82) is 0 Å². The first-order valence-electron chi connectivity index (χ1n) is 9.99. The van der Waals surface area contributed by atoms with E-state index in [9.17, 15) is 8.42 Å². The van der Waals surface area contributed by atoms with Gasteiger partial charge in [0.25, 0.3) is 10.0 Å². The molecule has 9 nitrogen and oxygen atoms in total. The minimum Gasteiger partial charge on any atom is -0.497 e. The third kappa shape index (κ3) is 4.00.